The van der Waals surface area contributed by atoms with E-state index < -0.39 is 0 Å². The van der Waals surface area contributed by atoms with Gasteiger partial charge in [-0.05, 0) is 47.9 Å². The number of benzene rings is 2. The molecule has 1 aliphatic heterocycles. The molecule has 0 spiro atoms. The van der Waals surface area contributed by atoms with Gasteiger partial charge in [0.25, 0.3) is 0 Å². The third-order valence-electron chi connectivity index (χ3n) is 5.65. The predicted octanol–water partition coefficient (Wildman–Crippen LogP) is 4.51. The van der Waals surface area contributed by atoms with Gasteiger partial charge in [-0.3, -0.25) is 14.8 Å². The number of hydrogen-bond donors (Lipinski definition) is 0. The third kappa shape index (κ3) is 4.81. The molecular weight excluding hydrogens is 374 g/mol. The average Bonchev–Trinajstić information content (AvgIpc) is 2.81. The first-order chi connectivity index (χ1) is 14.8. The van der Waals surface area contributed by atoms with Gasteiger partial charge in [0.15, 0.2) is 0 Å². The van der Waals surface area contributed by atoms with Crippen LogP contribution < -0.4 is 9.47 Å². The van der Waals surface area contributed by atoms with E-state index in [4.69, 9.17) is 9.47 Å². The molecule has 0 unspecified atom stereocenters. The summed E-state index contributed by atoms with van der Waals surface area (Å²) in [5.74, 6) is 1.78. The minimum atomic E-state index is 0.191. The number of methoxy groups -OCH3 is 2. The molecule has 1 aromatic heterocycles. The van der Waals surface area contributed by atoms with E-state index in [9.17, 15) is 0 Å². The molecule has 0 radical (unpaired) electrons. The molecule has 0 saturated carbocycles. The molecule has 0 atom stereocenters. The van der Waals surface area contributed by atoms with Crippen molar-refractivity contribution in [2.24, 2.45) is 0 Å². The molecule has 5 nitrogen and oxygen atoms in total. The van der Waals surface area contributed by atoms with Crippen molar-refractivity contribution >= 4 is 0 Å². The number of aromatic nitrogens is 1. The van der Waals surface area contributed by atoms with Crippen LogP contribution >= 0.6 is 0 Å². The molecule has 5 heteroatoms. The van der Waals surface area contributed by atoms with E-state index in [0.29, 0.717) is 0 Å². The highest BCUT2D eigenvalue weighted by molar-refractivity contribution is 5.29. The molecule has 2 aromatic carbocycles. The molecule has 0 amide bonds. The van der Waals surface area contributed by atoms with E-state index in [1.165, 1.54) is 16.7 Å². The summed E-state index contributed by atoms with van der Waals surface area (Å²) in [5.41, 5.74) is 3.81. The lowest BCUT2D eigenvalue weighted by molar-refractivity contribution is -0.00929. The molecule has 0 bridgehead atoms. The van der Waals surface area contributed by atoms with Crippen molar-refractivity contribution in [3.63, 3.8) is 0 Å². The summed E-state index contributed by atoms with van der Waals surface area (Å²) in [6, 6.07) is 21.0. The maximum absolute atomic E-state index is 5.31. The SMILES string of the molecule is COc1ccc(CN2CCCN(Cc3ccc(OC)cc3)C2c2cccnc2)cc1. The van der Waals surface area contributed by atoms with E-state index in [0.717, 1.165) is 44.1 Å². The van der Waals surface area contributed by atoms with Crippen molar-refractivity contribution in [2.45, 2.75) is 25.7 Å². The van der Waals surface area contributed by atoms with Gasteiger partial charge in [-0.15, -0.1) is 0 Å². The van der Waals surface area contributed by atoms with E-state index >= 15 is 0 Å². The van der Waals surface area contributed by atoms with Crippen LogP contribution in [-0.2, 0) is 13.1 Å². The van der Waals surface area contributed by atoms with Crippen molar-refractivity contribution in [2.75, 3.05) is 27.3 Å². The highest BCUT2D eigenvalue weighted by Gasteiger charge is 2.30. The minimum Gasteiger partial charge on any atom is -0.497 e. The van der Waals surface area contributed by atoms with Gasteiger partial charge in [0.2, 0.25) is 0 Å². The quantitative estimate of drug-likeness (QED) is 0.580. The molecule has 2 heterocycles. The second-order valence-electron chi connectivity index (χ2n) is 7.65. The third-order valence-corrected chi connectivity index (χ3v) is 5.65. The molecule has 1 fully saturated rings. The van der Waals surface area contributed by atoms with Crippen LogP contribution in [-0.4, -0.2) is 42.1 Å². The Bertz CT molecular complexity index is 856. The maximum Gasteiger partial charge on any atom is 0.118 e. The van der Waals surface area contributed by atoms with E-state index in [1.54, 1.807) is 14.2 Å². The van der Waals surface area contributed by atoms with Gasteiger partial charge in [0.1, 0.15) is 11.5 Å². The van der Waals surface area contributed by atoms with Crippen LogP contribution in [0.15, 0.2) is 73.1 Å². The van der Waals surface area contributed by atoms with Crippen molar-refractivity contribution < 1.29 is 9.47 Å². The van der Waals surface area contributed by atoms with Crippen LogP contribution in [0.1, 0.15) is 29.3 Å². The summed E-state index contributed by atoms with van der Waals surface area (Å²) in [5, 5.41) is 0. The normalized spacial score (nSPS) is 15.8. The lowest BCUT2D eigenvalue weighted by Gasteiger charge is -2.44. The molecular formula is C25H29N3O2. The summed E-state index contributed by atoms with van der Waals surface area (Å²) < 4.78 is 10.6. The zero-order chi connectivity index (χ0) is 20.8. The second kappa shape index (κ2) is 9.74. The fraction of sp³-hybridized carbons (Fsp3) is 0.320. The van der Waals surface area contributed by atoms with Gasteiger partial charge >= 0.3 is 0 Å². The summed E-state index contributed by atoms with van der Waals surface area (Å²) in [7, 11) is 3.41. The molecule has 0 aliphatic carbocycles. The zero-order valence-corrected chi connectivity index (χ0v) is 17.7. The Morgan fingerprint density at radius 1 is 0.800 bits per heavy atom. The van der Waals surface area contributed by atoms with Crippen LogP contribution in [0.2, 0.25) is 0 Å². The van der Waals surface area contributed by atoms with E-state index in [-0.39, 0.29) is 6.17 Å². The van der Waals surface area contributed by atoms with E-state index in [2.05, 4.69) is 45.1 Å². The molecule has 3 aromatic rings. The van der Waals surface area contributed by atoms with Crippen LogP contribution in [0.4, 0.5) is 0 Å². The smallest absolute Gasteiger partial charge is 0.118 e. The summed E-state index contributed by atoms with van der Waals surface area (Å²) in [6.45, 7) is 3.90. The summed E-state index contributed by atoms with van der Waals surface area (Å²) >= 11 is 0. The Kier molecular flexibility index (Phi) is 6.62. The maximum atomic E-state index is 5.31. The van der Waals surface area contributed by atoms with Crippen LogP contribution in [0.25, 0.3) is 0 Å². The Hall–Kier alpha value is -2.89. The van der Waals surface area contributed by atoms with Gasteiger partial charge in [-0.1, -0.05) is 30.3 Å². The highest BCUT2D eigenvalue weighted by atomic mass is 16.5. The first kappa shape index (κ1) is 20.4. The van der Waals surface area contributed by atoms with Gasteiger partial charge < -0.3 is 9.47 Å². The lowest BCUT2D eigenvalue weighted by Crippen LogP contribution is -2.46. The number of ether oxygens (including phenoxy) is 2. The number of hydrogen-bond acceptors (Lipinski definition) is 5. The first-order valence-electron chi connectivity index (χ1n) is 10.4. The van der Waals surface area contributed by atoms with Crippen molar-refractivity contribution in [1.82, 2.24) is 14.8 Å². The Balaban J connectivity index is 1.58. The Morgan fingerprint density at radius 2 is 1.33 bits per heavy atom. The van der Waals surface area contributed by atoms with Gasteiger partial charge in [-0.2, -0.15) is 0 Å². The predicted molar refractivity (Wildman–Crippen MR) is 118 cm³/mol. The van der Waals surface area contributed by atoms with Crippen molar-refractivity contribution in [1.29, 1.82) is 0 Å². The Labute approximate surface area is 178 Å². The molecule has 0 N–H and O–H groups in total. The molecule has 1 aliphatic rings. The van der Waals surface area contributed by atoms with Gasteiger partial charge in [0, 0.05) is 44.1 Å². The topological polar surface area (TPSA) is 37.8 Å². The van der Waals surface area contributed by atoms with Crippen LogP contribution in [0, 0.1) is 0 Å². The van der Waals surface area contributed by atoms with Gasteiger partial charge in [-0.25, -0.2) is 0 Å². The summed E-state index contributed by atoms with van der Waals surface area (Å²) in [6.07, 6.45) is 5.17. The summed E-state index contributed by atoms with van der Waals surface area (Å²) in [4.78, 5) is 9.50. The minimum absolute atomic E-state index is 0.191. The number of nitrogens with zero attached hydrogens (tertiary/aromatic N) is 3. The molecule has 4 rings (SSSR count). The zero-order valence-electron chi connectivity index (χ0n) is 17.7. The molecule has 156 valence electrons. The first-order valence-corrected chi connectivity index (χ1v) is 10.4. The van der Waals surface area contributed by atoms with Crippen molar-refractivity contribution in [3.8, 4) is 11.5 Å². The average molecular weight is 404 g/mol. The number of rotatable bonds is 7. The molecule has 30 heavy (non-hydrogen) atoms. The monoisotopic (exact) mass is 403 g/mol. The highest BCUT2D eigenvalue weighted by Crippen LogP contribution is 2.32. The fourth-order valence-electron chi connectivity index (χ4n) is 4.16. The number of pyridine rings is 1. The van der Waals surface area contributed by atoms with Crippen LogP contribution in [0.3, 0.4) is 0 Å². The largest absolute Gasteiger partial charge is 0.497 e. The Morgan fingerprint density at radius 3 is 1.77 bits per heavy atom. The van der Waals surface area contributed by atoms with Crippen LogP contribution in [0.5, 0.6) is 11.5 Å². The fourth-order valence-corrected chi connectivity index (χ4v) is 4.16. The lowest BCUT2D eigenvalue weighted by atomic mass is 10.1. The van der Waals surface area contributed by atoms with Gasteiger partial charge in [0.05, 0.1) is 20.4 Å². The van der Waals surface area contributed by atoms with Crippen molar-refractivity contribution in [3.05, 3.63) is 89.7 Å². The van der Waals surface area contributed by atoms with E-state index in [1.807, 2.05) is 42.7 Å². The molecule has 1 saturated heterocycles. The standard InChI is InChI=1S/C25H29N3O2/c1-29-23-10-6-20(7-11-23)18-27-15-4-16-28(25(27)22-5-3-14-26-17-22)19-21-8-12-24(30-2)13-9-21/h3,5-14,17,25H,4,15-16,18-19H2,1-2H3. The second-order valence-corrected chi connectivity index (χ2v) is 7.65.